The molecule has 1 aromatic carbocycles. The van der Waals surface area contributed by atoms with Crippen molar-refractivity contribution in [2.45, 2.75) is 4.90 Å². The fourth-order valence-corrected chi connectivity index (χ4v) is 2.59. The summed E-state index contributed by atoms with van der Waals surface area (Å²) in [4.78, 5) is 12.5. The molecular formula is C11H15FN2O5S2. The Kier molecular flexibility index (Phi) is 5.07. The van der Waals surface area contributed by atoms with Gasteiger partial charge in [0.15, 0.2) is 0 Å². The van der Waals surface area contributed by atoms with Crippen molar-refractivity contribution >= 4 is 25.8 Å². The van der Waals surface area contributed by atoms with E-state index in [1.165, 1.54) is 7.05 Å². The second-order valence-electron chi connectivity index (χ2n) is 4.54. The van der Waals surface area contributed by atoms with Gasteiger partial charge in [-0.3, -0.25) is 4.79 Å². The maximum absolute atomic E-state index is 13.8. The molecule has 0 heterocycles. The van der Waals surface area contributed by atoms with Crippen LogP contribution in [0.2, 0.25) is 0 Å². The quantitative estimate of drug-likeness (QED) is 0.784. The Morgan fingerprint density at radius 2 is 1.86 bits per heavy atom. The van der Waals surface area contributed by atoms with Crippen molar-refractivity contribution in [1.82, 2.24) is 4.90 Å². The van der Waals surface area contributed by atoms with Gasteiger partial charge in [-0.1, -0.05) is 0 Å². The number of nitrogens with two attached hydrogens (primary N) is 1. The molecule has 0 aliphatic heterocycles. The lowest BCUT2D eigenvalue weighted by Crippen LogP contribution is -2.32. The zero-order valence-corrected chi connectivity index (χ0v) is 13.0. The fraction of sp³-hybridized carbons (Fsp3) is 0.364. The van der Waals surface area contributed by atoms with E-state index in [0.717, 1.165) is 23.3 Å². The van der Waals surface area contributed by atoms with Crippen LogP contribution in [0.1, 0.15) is 10.4 Å². The SMILES string of the molecule is CN(CCS(C)(=O)=O)C(=O)c1ccc(S(N)(=O)=O)cc1F. The van der Waals surface area contributed by atoms with E-state index in [4.69, 9.17) is 5.14 Å². The number of sulfonamides is 1. The minimum atomic E-state index is -4.06. The minimum Gasteiger partial charge on any atom is -0.341 e. The molecule has 0 unspecified atom stereocenters. The van der Waals surface area contributed by atoms with E-state index in [-0.39, 0.29) is 17.9 Å². The van der Waals surface area contributed by atoms with Crippen LogP contribution in [-0.4, -0.2) is 53.2 Å². The molecule has 0 saturated carbocycles. The van der Waals surface area contributed by atoms with Crippen LogP contribution < -0.4 is 5.14 Å². The normalized spacial score (nSPS) is 12.2. The second kappa shape index (κ2) is 6.08. The van der Waals surface area contributed by atoms with Crippen LogP contribution in [0.25, 0.3) is 0 Å². The molecule has 1 rings (SSSR count). The molecule has 0 radical (unpaired) electrons. The van der Waals surface area contributed by atoms with E-state index in [1.807, 2.05) is 0 Å². The zero-order chi connectivity index (χ0) is 16.4. The Morgan fingerprint density at radius 1 is 1.29 bits per heavy atom. The third-order valence-corrected chi connectivity index (χ3v) is 4.48. The lowest BCUT2D eigenvalue weighted by atomic mass is 10.2. The predicted octanol–water partition coefficient (Wildman–Crippen LogP) is -0.410. The summed E-state index contributed by atoms with van der Waals surface area (Å²) in [7, 11) is -6.00. The topological polar surface area (TPSA) is 115 Å². The first kappa shape index (κ1) is 17.5. The molecule has 0 aliphatic carbocycles. The first-order valence-electron chi connectivity index (χ1n) is 5.67. The van der Waals surface area contributed by atoms with Crippen molar-refractivity contribution in [1.29, 1.82) is 0 Å². The summed E-state index contributed by atoms with van der Waals surface area (Å²) in [6, 6.07) is 2.65. The molecular weight excluding hydrogens is 323 g/mol. The summed E-state index contributed by atoms with van der Waals surface area (Å²) in [6.07, 6.45) is 1.02. The number of nitrogens with zero attached hydrogens (tertiary/aromatic N) is 1. The number of amides is 1. The largest absolute Gasteiger partial charge is 0.341 e. The molecule has 0 bridgehead atoms. The van der Waals surface area contributed by atoms with Gasteiger partial charge in [-0.2, -0.15) is 0 Å². The Labute approximate surface area is 122 Å². The first-order valence-corrected chi connectivity index (χ1v) is 9.28. The maximum Gasteiger partial charge on any atom is 0.256 e. The van der Waals surface area contributed by atoms with Crippen molar-refractivity contribution in [3.05, 3.63) is 29.6 Å². The number of halogens is 1. The van der Waals surface area contributed by atoms with Crippen LogP contribution >= 0.6 is 0 Å². The minimum absolute atomic E-state index is 0.103. The molecule has 0 fully saturated rings. The van der Waals surface area contributed by atoms with E-state index in [2.05, 4.69) is 0 Å². The molecule has 0 aromatic heterocycles. The highest BCUT2D eigenvalue weighted by atomic mass is 32.2. The Balaban J connectivity index is 2.98. The number of hydrogen-bond donors (Lipinski definition) is 1. The third-order valence-electron chi connectivity index (χ3n) is 2.64. The zero-order valence-electron chi connectivity index (χ0n) is 11.4. The van der Waals surface area contributed by atoms with Gasteiger partial charge >= 0.3 is 0 Å². The van der Waals surface area contributed by atoms with E-state index < -0.39 is 36.5 Å². The number of sulfone groups is 1. The highest BCUT2D eigenvalue weighted by Gasteiger charge is 2.19. The Morgan fingerprint density at radius 3 is 2.29 bits per heavy atom. The molecule has 0 atom stereocenters. The lowest BCUT2D eigenvalue weighted by molar-refractivity contribution is 0.0798. The average molecular weight is 338 g/mol. The average Bonchev–Trinajstić information content (AvgIpc) is 2.33. The van der Waals surface area contributed by atoms with E-state index in [0.29, 0.717) is 6.07 Å². The molecule has 7 nitrogen and oxygen atoms in total. The maximum atomic E-state index is 13.8. The summed E-state index contributed by atoms with van der Waals surface area (Å²) in [5.74, 6) is -2.05. The van der Waals surface area contributed by atoms with Gasteiger partial charge in [0.1, 0.15) is 15.7 Å². The van der Waals surface area contributed by atoms with Gasteiger partial charge in [-0.25, -0.2) is 26.4 Å². The number of carbonyl (C=O) groups excluding carboxylic acids is 1. The molecule has 118 valence electrons. The second-order valence-corrected chi connectivity index (χ2v) is 8.36. The van der Waals surface area contributed by atoms with E-state index in [1.54, 1.807) is 0 Å². The summed E-state index contributed by atoms with van der Waals surface area (Å²) >= 11 is 0. The van der Waals surface area contributed by atoms with Gasteiger partial charge in [0.2, 0.25) is 10.0 Å². The monoisotopic (exact) mass is 338 g/mol. The predicted molar refractivity (Wildman–Crippen MR) is 74.4 cm³/mol. The summed E-state index contributed by atoms with van der Waals surface area (Å²) in [5.41, 5.74) is -0.363. The molecule has 21 heavy (non-hydrogen) atoms. The van der Waals surface area contributed by atoms with E-state index in [9.17, 15) is 26.0 Å². The number of carbonyl (C=O) groups is 1. The molecule has 2 N–H and O–H groups in total. The van der Waals surface area contributed by atoms with Crippen LogP contribution in [0, 0.1) is 5.82 Å². The highest BCUT2D eigenvalue weighted by Crippen LogP contribution is 2.15. The fourth-order valence-electron chi connectivity index (χ4n) is 1.46. The van der Waals surface area contributed by atoms with Crippen molar-refractivity contribution in [2.24, 2.45) is 5.14 Å². The van der Waals surface area contributed by atoms with E-state index >= 15 is 0 Å². The lowest BCUT2D eigenvalue weighted by Gasteiger charge is -2.17. The molecule has 10 heteroatoms. The number of primary sulfonamides is 1. The summed E-state index contributed by atoms with van der Waals surface area (Å²) in [5, 5.41) is 4.85. The molecule has 1 amide bonds. The Hall–Kier alpha value is -1.52. The number of rotatable bonds is 5. The van der Waals surface area contributed by atoms with Crippen LogP contribution in [0.4, 0.5) is 4.39 Å². The standard InChI is InChI=1S/C11H15FN2O5S2/c1-14(5-6-20(2,16)17)11(15)9-4-3-8(7-10(9)12)21(13,18)19/h3-4,7H,5-6H2,1-2H3,(H2,13,18,19). The number of benzene rings is 1. The number of hydrogen-bond acceptors (Lipinski definition) is 5. The highest BCUT2D eigenvalue weighted by molar-refractivity contribution is 7.90. The van der Waals surface area contributed by atoms with Gasteiger partial charge in [-0.05, 0) is 18.2 Å². The van der Waals surface area contributed by atoms with Crippen molar-refractivity contribution in [3.8, 4) is 0 Å². The molecule has 0 aliphatic rings. The van der Waals surface area contributed by atoms with Gasteiger partial charge in [0, 0.05) is 19.8 Å². The Bertz CT molecular complexity index is 759. The van der Waals surface area contributed by atoms with Crippen LogP contribution in [-0.2, 0) is 19.9 Å². The smallest absolute Gasteiger partial charge is 0.256 e. The van der Waals surface area contributed by atoms with Gasteiger partial charge in [0.25, 0.3) is 5.91 Å². The van der Waals surface area contributed by atoms with Crippen molar-refractivity contribution in [3.63, 3.8) is 0 Å². The summed E-state index contributed by atoms with van der Waals surface area (Å²) in [6.45, 7) is -0.103. The third kappa shape index (κ3) is 5.06. The van der Waals surface area contributed by atoms with Crippen LogP contribution in [0.5, 0.6) is 0 Å². The summed E-state index contributed by atoms with van der Waals surface area (Å²) < 4.78 is 58.0. The van der Waals surface area contributed by atoms with Crippen molar-refractivity contribution < 1.29 is 26.0 Å². The van der Waals surface area contributed by atoms with Gasteiger partial charge in [-0.15, -0.1) is 0 Å². The molecule has 0 saturated heterocycles. The van der Waals surface area contributed by atoms with Gasteiger partial charge in [0.05, 0.1) is 16.2 Å². The molecule has 1 aromatic rings. The van der Waals surface area contributed by atoms with Gasteiger partial charge < -0.3 is 4.90 Å². The molecule has 0 spiro atoms. The van der Waals surface area contributed by atoms with Crippen LogP contribution in [0.3, 0.4) is 0 Å². The first-order chi connectivity index (χ1) is 9.42. The van der Waals surface area contributed by atoms with Crippen LogP contribution in [0.15, 0.2) is 23.1 Å². The van der Waals surface area contributed by atoms with Crippen molar-refractivity contribution in [2.75, 3.05) is 25.6 Å².